The van der Waals surface area contributed by atoms with Crippen LogP contribution in [0.2, 0.25) is 5.02 Å². The van der Waals surface area contributed by atoms with E-state index in [1.807, 2.05) is 12.1 Å². The first-order chi connectivity index (χ1) is 20.0. The van der Waals surface area contributed by atoms with Gasteiger partial charge in [-0.25, -0.2) is 0 Å². The van der Waals surface area contributed by atoms with Crippen LogP contribution in [-0.2, 0) is 5.41 Å². The van der Waals surface area contributed by atoms with Gasteiger partial charge in [-0.05, 0) is 131 Å². The van der Waals surface area contributed by atoms with Crippen LogP contribution in [0.15, 0.2) is 115 Å². The molecule has 2 fully saturated rings. The van der Waals surface area contributed by atoms with Crippen molar-refractivity contribution in [1.82, 2.24) is 0 Å². The number of rotatable bonds is 5. The number of fused-ring (bicyclic) bond motifs is 3. The van der Waals surface area contributed by atoms with E-state index in [1.54, 1.807) is 0 Å². The molecule has 5 aromatic carbocycles. The third-order valence-corrected chi connectivity index (χ3v) is 9.88. The van der Waals surface area contributed by atoms with Crippen LogP contribution in [-0.4, -0.2) is 0 Å². The molecule has 41 heavy (non-hydrogen) atoms. The molecule has 2 aliphatic carbocycles. The van der Waals surface area contributed by atoms with E-state index in [4.69, 9.17) is 11.6 Å². The van der Waals surface area contributed by atoms with E-state index in [9.17, 15) is 0 Å². The van der Waals surface area contributed by atoms with Crippen LogP contribution in [0.1, 0.15) is 51.5 Å². The summed E-state index contributed by atoms with van der Waals surface area (Å²) in [5.74, 6) is 2.51. The number of halogens is 1. The maximum absolute atomic E-state index is 6.30. The van der Waals surface area contributed by atoms with Crippen LogP contribution in [0.4, 0.5) is 17.1 Å². The highest BCUT2D eigenvalue weighted by molar-refractivity contribution is 6.31. The molecule has 2 bridgehead atoms. The lowest BCUT2D eigenvalue weighted by Gasteiger charge is -2.50. The topological polar surface area (TPSA) is 3.24 Å². The highest BCUT2D eigenvalue weighted by Gasteiger charge is 2.45. The molecule has 0 aliphatic heterocycles. The quantitative estimate of drug-likeness (QED) is 0.208. The van der Waals surface area contributed by atoms with Crippen LogP contribution < -0.4 is 4.90 Å². The molecule has 2 aliphatic rings. The van der Waals surface area contributed by atoms with E-state index in [0.717, 1.165) is 39.5 Å². The fraction of sp³-hybridized carbons (Fsp3) is 0.282. The minimum absolute atomic E-state index is 0.336. The summed E-state index contributed by atoms with van der Waals surface area (Å²) in [4.78, 5) is 2.39. The van der Waals surface area contributed by atoms with Crippen molar-refractivity contribution in [2.75, 3.05) is 4.90 Å². The van der Waals surface area contributed by atoms with Gasteiger partial charge in [0.15, 0.2) is 0 Å². The normalized spacial score (nSPS) is 23.8. The number of hydrogen-bond donors (Lipinski definition) is 0. The molecule has 7 rings (SSSR count). The summed E-state index contributed by atoms with van der Waals surface area (Å²) in [6, 6.07) is 42.0. The van der Waals surface area contributed by atoms with Gasteiger partial charge in [-0.15, -0.1) is 0 Å². The second kappa shape index (κ2) is 10.7. The Labute approximate surface area is 249 Å². The molecule has 2 unspecified atom stereocenters. The number of benzene rings is 5. The van der Waals surface area contributed by atoms with Gasteiger partial charge in [0.1, 0.15) is 0 Å². The third-order valence-electron chi connectivity index (χ3n) is 9.64. The third kappa shape index (κ3) is 5.17. The first kappa shape index (κ1) is 26.4. The lowest BCUT2D eigenvalue weighted by molar-refractivity contribution is 0.0780. The molecule has 0 saturated heterocycles. The molecular weight excluding hydrogens is 518 g/mol. The number of hydrogen-bond acceptors (Lipinski definition) is 1. The van der Waals surface area contributed by atoms with E-state index in [1.165, 1.54) is 59.9 Å². The van der Waals surface area contributed by atoms with Gasteiger partial charge in [0, 0.05) is 22.1 Å². The van der Waals surface area contributed by atoms with E-state index in [2.05, 4.69) is 122 Å². The predicted molar refractivity (Wildman–Crippen MR) is 176 cm³/mol. The van der Waals surface area contributed by atoms with Gasteiger partial charge in [0.25, 0.3) is 0 Å². The second-order valence-electron chi connectivity index (χ2n) is 12.9. The Balaban J connectivity index is 1.29. The van der Waals surface area contributed by atoms with Crippen molar-refractivity contribution < 1.29 is 0 Å². The monoisotopic (exact) mass is 555 g/mol. The highest BCUT2D eigenvalue weighted by Crippen LogP contribution is 2.54. The Bertz CT molecular complexity index is 1640. The largest absolute Gasteiger partial charge is 0.310 e. The molecule has 2 saturated carbocycles. The van der Waals surface area contributed by atoms with Crippen molar-refractivity contribution in [2.24, 2.45) is 17.8 Å². The van der Waals surface area contributed by atoms with Crippen molar-refractivity contribution in [3.63, 3.8) is 0 Å². The zero-order chi connectivity index (χ0) is 28.0. The second-order valence-corrected chi connectivity index (χ2v) is 13.3. The Morgan fingerprint density at radius 1 is 0.585 bits per heavy atom. The van der Waals surface area contributed by atoms with Crippen LogP contribution in [0.5, 0.6) is 0 Å². The molecule has 0 radical (unpaired) electrons. The maximum atomic E-state index is 6.30. The molecule has 1 nitrogen and oxygen atoms in total. The highest BCUT2D eigenvalue weighted by atomic mass is 35.5. The molecule has 5 aromatic rings. The Hall–Kier alpha value is -3.55. The standard InChI is InChI=1S/C39H38ClN/c1-27-20-29-21-28(2)25-39(24-27,26-29)34-12-18-37(19-13-34)41(38-17-11-32-22-35(40)14-8-33(32)23-38)36-15-9-31(10-16-36)30-6-4-3-5-7-30/h3-19,22-23,27-29H,20-21,24-26H2,1-2H3. The van der Waals surface area contributed by atoms with Crippen LogP contribution in [0.25, 0.3) is 21.9 Å². The number of nitrogens with zero attached hydrogens (tertiary/aromatic N) is 1. The summed E-state index contributed by atoms with van der Waals surface area (Å²) in [5.41, 5.74) is 7.83. The Morgan fingerprint density at radius 3 is 1.83 bits per heavy atom. The van der Waals surface area contributed by atoms with Gasteiger partial charge < -0.3 is 4.90 Å². The summed E-state index contributed by atoms with van der Waals surface area (Å²) in [6.45, 7) is 4.94. The van der Waals surface area contributed by atoms with E-state index < -0.39 is 0 Å². The molecule has 0 amide bonds. The van der Waals surface area contributed by atoms with Crippen molar-refractivity contribution in [3.8, 4) is 11.1 Å². The summed E-state index contributed by atoms with van der Waals surface area (Å²) in [5, 5.41) is 3.11. The van der Waals surface area contributed by atoms with Gasteiger partial charge in [0.2, 0.25) is 0 Å². The molecular formula is C39H38ClN. The zero-order valence-electron chi connectivity index (χ0n) is 24.1. The average Bonchev–Trinajstić information content (AvgIpc) is 2.98. The fourth-order valence-corrected chi connectivity index (χ4v) is 8.43. The molecule has 0 aromatic heterocycles. The maximum Gasteiger partial charge on any atom is 0.0468 e. The first-order valence-corrected chi connectivity index (χ1v) is 15.6. The van der Waals surface area contributed by atoms with Gasteiger partial charge in [-0.3, -0.25) is 0 Å². The van der Waals surface area contributed by atoms with E-state index >= 15 is 0 Å². The van der Waals surface area contributed by atoms with Crippen molar-refractivity contribution >= 4 is 39.4 Å². The minimum Gasteiger partial charge on any atom is -0.310 e. The summed E-state index contributed by atoms with van der Waals surface area (Å²) in [6.07, 6.45) is 6.82. The SMILES string of the molecule is CC1CC2CC(C)CC(c3ccc(N(c4ccc(-c5ccccc5)cc4)c4ccc5cc(Cl)ccc5c4)cc3)(C1)C2. The van der Waals surface area contributed by atoms with Crippen molar-refractivity contribution in [3.05, 3.63) is 126 Å². The van der Waals surface area contributed by atoms with Gasteiger partial charge >= 0.3 is 0 Å². The zero-order valence-corrected chi connectivity index (χ0v) is 24.8. The minimum atomic E-state index is 0.336. The van der Waals surface area contributed by atoms with Crippen LogP contribution >= 0.6 is 11.6 Å². The fourth-order valence-electron chi connectivity index (χ4n) is 8.25. The van der Waals surface area contributed by atoms with Crippen molar-refractivity contribution in [2.45, 2.75) is 51.4 Å². The van der Waals surface area contributed by atoms with Crippen LogP contribution in [0.3, 0.4) is 0 Å². The summed E-state index contributed by atoms with van der Waals surface area (Å²) < 4.78 is 0. The van der Waals surface area contributed by atoms with Gasteiger partial charge in [-0.1, -0.05) is 92.2 Å². The van der Waals surface area contributed by atoms with Crippen molar-refractivity contribution in [1.29, 1.82) is 0 Å². The van der Waals surface area contributed by atoms with Crippen LogP contribution in [0, 0.1) is 17.8 Å². The first-order valence-electron chi connectivity index (χ1n) is 15.2. The number of anilines is 3. The molecule has 0 heterocycles. The lowest BCUT2D eigenvalue weighted by atomic mass is 9.54. The summed E-state index contributed by atoms with van der Waals surface area (Å²) in [7, 11) is 0. The molecule has 0 N–H and O–H groups in total. The molecule has 0 spiro atoms. The van der Waals surface area contributed by atoms with E-state index in [-0.39, 0.29) is 0 Å². The molecule has 2 heteroatoms. The van der Waals surface area contributed by atoms with Gasteiger partial charge in [0.05, 0.1) is 0 Å². The Kier molecular flexibility index (Phi) is 6.87. The lowest BCUT2D eigenvalue weighted by Crippen LogP contribution is -2.42. The Morgan fingerprint density at radius 2 is 1.15 bits per heavy atom. The van der Waals surface area contributed by atoms with Gasteiger partial charge in [-0.2, -0.15) is 0 Å². The summed E-state index contributed by atoms with van der Waals surface area (Å²) >= 11 is 6.30. The average molecular weight is 556 g/mol. The smallest absolute Gasteiger partial charge is 0.0468 e. The van der Waals surface area contributed by atoms with E-state index in [0.29, 0.717) is 5.41 Å². The molecule has 2 atom stereocenters. The predicted octanol–water partition coefficient (Wildman–Crippen LogP) is 11.7. The molecule has 206 valence electrons.